The van der Waals surface area contributed by atoms with E-state index in [1.165, 1.54) is 19.3 Å². The van der Waals surface area contributed by atoms with Crippen molar-refractivity contribution in [1.82, 2.24) is 15.5 Å². The maximum atomic E-state index is 12.9. The van der Waals surface area contributed by atoms with Crippen LogP contribution in [-0.2, 0) is 19.1 Å². The van der Waals surface area contributed by atoms with E-state index in [9.17, 15) is 19.2 Å². The fraction of sp³-hybridized carbons (Fsp3) is 0.826. The highest BCUT2D eigenvalue weighted by Gasteiger charge is 2.55. The first-order chi connectivity index (χ1) is 14.8. The van der Waals surface area contributed by atoms with E-state index in [0.717, 1.165) is 43.4 Å². The van der Waals surface area contributed by atoms with E-state index in [-0.39, 0.29) is 29.9 Å². The second kappa shape index (κ2) is 7.48. The van der Waals surface area contributed by atoms with Gasteiger partial charge in [0.2, 0.25) is 0 Å². The number of hydrogen-bond acceptors (Lipinski definition) is 5. The van der Waals surface area contributed by atoms with Gasteiger partial charge in [-0.05, 0) is 75.0 Å². The lowest BCUT2D eigenvalue weighted by atomic mass is 9.53. The number of rotatable bonds is 5. The lowest BCUT2D eigenvalue weighted by molar-refractivity contribution is -0.152. The van der Waals surface area contributed by atoms with Crippen LogP contribution >= 0.6 is 0 Å². The van der Waals surface area contributed by atoms with E-state index in [0.29, 0.717) is 24.2 Å². The highest BCUT2D eigenvalue weighted by Crippen LogP contribution is 2.55. The van der Waals surface area contributed by atoms with Crippen LogP contribution < -0.4 is 10.6 Å². The third-order valence-corrected chi connectivity index (χ3v) is 8.60. The molecule has 0 aromatic heterocycles. The summed E-state index contributed by atoms with van der Waals surface area (Å²) in [7, 11) is 0. The standard InChI is InChI=1S/C23H33N3O5/c1-14-4-2-3-5-23(14)20(29)26(21(30)25-23)12-19(28)31-13-18(27)24-22-9-15-6-16(10-22)8-17(7-15)11-22/h14-17H,2-13H2,1H3,(H,24,27)(H,25,30)/t14-,15?,16?,17?,22?,23+/m0/s1. The highest BCUT2D eigenvalue weighted by atomic mass is 16.5. The summed E-state index contributed by atoms with van der Waals surface area (Å²) in [6.45, 7) is 1.14. The van der Waals surface area contributed by atoms with Crippen molar-refractivity contribution in [2.24, 2.45) is 23.7 Å². The normalized spacial score (nSPS) is 40.9. The SMILES string of the molecule is C[C@H]1CCCC[C@@]12NC(=O)N(CC(=O)OCC(=O)NC13CC4CC(CC(C4)C1)C3)C2=O. The van der Waals surface area contributed by atoms with Crippen molar-refractivity contribution in [2.75, 3.05) is 13.2 Å². The van der Waals surface area contributed by atoms with Gasteiger partial charge >= 0.3 is 12.0 Å². The number of urea groups is 1. The monoisotopic (exact) mass is 431 g/mol. The molecule has 0 radical (unpaired) electrons. The van der Waals surface area contributed by atoms with Gasteiger partial charge in [0.05, 0.1) is 0 Å². The molecule has 8 heteroatoms. The van der Waals surface area contributed by atoms with Gasteiger partial charge in [-0.25, -0.2) is 4.79 Å². The van der Waals surface area contributed by atoms with Gasteiger partial charge in [-0.1, -0.05) is 19.8 Å². The second-order valence-electron chi connectivity index (χ2n) is 10.8. The summed E-state index contributed by atoms with van der Waals surface area (Å²) in [5.74, 6) is 0.800. The zero-order chi connectivity index (χ0) is 21.8. The first kappa shape index (κ1) is 20.8. The fourth-order valence-corrected chi connectivity index (χ4v) is 7.56. The molecule has 1 aliphatic heterocycles. The van der Waals surface area contributed by atoms with Gasteiger partial charge in [0, 0.05) is 5.54 Å². The van der Waals surface area contributed by atoms with Crippen molar-refractivity contribution in [1.29, 1.82) is 0 Å². The van der Waals surface area contributed by atoms with Gasteiger partial charge < -0.3 is 15.4 Å². The number of nitrogens with one attached hydrogen (secondary N) is 2. The topological polar surface area (TPSA) is 105 Å². The smallest absolute Gasteiger partial charge is 0.326 e. The fourth-order valence-electron chi connectivity index (χ4n) is 7.56. The third kappa shape index (κ3) is 3.61. The predicted molar refractivity (Wildman–Crippen MR) is 111 cm³/mol. The van der Waals surface area contributed by atoms with Crippen molar-refractivity contribution < 1.29 is 23.9 Å². The minimum atomic E-state index is -0.897. The summed E-state index contributed by atoms with van der Waals surface area (Å²) in [5, 5.41) is 5.99. The van der Waals surface area contributed by atoms with Crippen LogP contribution in [0.5, 0.6) is 0 Å². The molecule has 0 unspecified atom stereocenters. The molecule has 6 aliphatic rings. The first-order valence-electron chi connectivity index (χ1n) is 11.9. The molecule has 4 amide bonds. The number of amides is 4. The third-order valence-electron chi connectivity index (χ3n) is 8.60. The number of carbonyl (C=O) groups excluding carboxylic acids is 4. The average Bonchev–Trinajstić information content (AvgIpc) is 2.92. The van der Waals surface area contributed by atoms with Crippen LogP contribution in [0.2, 0.25) is 0 Å². The number of nitrogens with zero attached hydrogens (tertiary/aromatic N) is 1. The Hall–Kier alpha value is -2.12. The van der Waals surface area contributed by atoms with Crippen LogP contribution in [0.1, 0.15) is 71.1 Å². The molecule has 0 aromatic carbocycles. The van der Waals surface area contributed by atoms with Crippen molar-refractivity contribution in [3.63, 3.8) is 0 Å². The average molecular weight is 432 g/mol. The zero-order valence-corrected chi connectivity index (χ0v) is 18.3. The molecule has 4 bridgehead atoms. The van der Waals surface area contributed by atoms with E-state index in [2.05, 4.69) is 10.6 Å². The van der Waals surface area contributed by atoms with Gasteiger partial charge in [0.15, 0.2) is 6.61 Å². The Morgan fingerprint density at radius 1 is 1.10 bits per heavy atom. The Bertz CT molecular complexity index is 776. The number of esters is 1. The summed E-state index contributed by atoms with van der Waals surface area (Å²) in [5.41, 5.74) is -1.03. The van der Waals surface area contributed by atoms with E-state index in [4.69, 9.17) is 4.74 Å². The van der Waals surface area contributed by atoms with Crippen molar-refractivity contribution in [3.05, 3.63) is 0 Å². The lowest BCUT2D eigenvalue weighted by Gasteiger charge is -2.56. The molecular formula is C23H33N3O5. The van der Waals surface area contributed by atoms with Gasteiger partial charge in [-0.2, -0.15) is 0 Å². The van der Waals surface area contributed by atoms with Crippen LogP contribution in [0, 0.1) is 23.7 Å². The maximum absolute atomic E-state index is 12.9. The molecule has 1 spiro atoms. The van der Waals surface area contributed by atoms with Gasteiger partial charge in [0.25, 0.3) is 11.8 Å². The van der Waals surface area contributed by atoms with Gasteiger partial charge in [0.1, 0.15) is 12.1 Å². The Morgan fingerprint density at radius 2 is 1.74 bits per heavy atom. The number of hydrogen-bond donors (Lipinski definition) is 2. The summed E-state index contributed by atoms with van der Waals surface area (Å²) >= 11 is 0. The molecule has 6 fully saturated rings. The second-order valence-corrected chi connectivity index (χ2v) is 10.8. The van der Waals surface area contributed by atoms with Crippen molar-refractivity contribution in [2.45, 2.75) is 82.2 Å². The highest BCUT2D eigenvalue weighted by molar-refractivity contribution is 6.09. The Morgan fingerprint density at radius 3 is 2.35 bits per heavy atom. The number of carbonyl (C=O) groups is 4. The van der Waals surface area contributed by atoms with E-state index >= 15 is 0 Å². The molecule has 1 saturated heterocycles. The summed E-state index contributed by atoms with van der Waals surface area (Å²) in [6.07, 6.45) is 10.3. The Kier molecular flexibility index (Phi) is 5.01. The van der Waals surface area contributed by atoms with E-state index in [1.54, 1.807) is 0 Å². The van der Waals surface area contributed by atoms with E-state index < -0.39 is 24.1 Å². The van der Waals surface area contributed by atoms with Crippen LogP contribution in [0.4, 0.5) is 4.79 Å². The summed E-state index contributed by atoms with van der Waals surface area (Å²) < 4.78 is 5.15. The molecule has 1 heterocycles. The van der Waals surface area contributed by atoms with Gasteiger partial charge in [-0.15, -0.1) is 0 Å². The molecule has 0 aromatic rings. The molecule has 8 nitrogen and oxygen atoms in total. The molecule has 2 N–H and O–H groups in total. The first-order valence-corrected chi connectivity index (χ1v) is 11.9. The molecule has 5 aliphatic carbocycles. The van der Waals surface area contributed by atoms with Crippen LogP contribution in [0.25, 0.3) is 0 Å². The molecule has 5 saturated carbocycles. The predicted octanol–water partition coefficient (Wildman–Crippen LogP) is 2.12. The quantitative estimate of drug-likeness (QED) is 0.512. The maximum Gasteiger partial charge on any atom is 0.326 e. The summed E-state index contributed by atoms with van der Waals surface area (Å²) in [4.78, 5) is 51.2. The van der Waals surface area contributed by atoms with Crippen LogP contribution in [0.3, 0.4) is 0 Å². The zero-order valence-electron chi connectivity index (χ0n) is 18.3. The van der Waals surface area contributed by atoms with Gasteiger partial charge in [-0.3, -0.25) is 19.3 Å². The Labute approximate surface area is 182 Å². The molecule has 2 atom stereocenters. The minimum Gasteiger partial charge on any atom is -0.454 e. The molecule has 170 valence electrons. The summed E-state index contributed by atoms with van der Waals surface area (Å²) in [6, 6.07) is -0.547. The van der Waals surface area contributed by atoms with Crippen LogP contribution in [0.15, 0.2) is 0 Å². The molecule has 6 rings (SSSR count). The number of imide groups is 1. The van der Waals surface area contributed by atoms with Crippen LogP contribution in [-0.4, -0.2) is 52.9 Å². The van der Waals surface area contributed by atoms with E-state index in [1.807, 2.05) is 6.92 Å². The van der Waals surface area contributed by atoms with Crippen molar-refractivity contribution >= 4 is 23.8 Å². The number of ether oxygens (including phenoxy) is 1. The lowest BCUT2D eigenvalue weighted by Crippen LogP contribution is -2.60. The largest absolute Gasteiger partial charge is 0.454 e. The molecular weight excluding hydrogens is 398 g/mol. The minimum absolute atomic E-state index is 0.0322. The molecule has 31 heavy (non-hydrogen) atoms. The Balaban J connectivity index is 1.13. The van der Waals surface area contributed by atoms with Crippen molar-refractivity contribution in [3.8, 4) is 0 Å².